The normalized spacial score (nSPS) is 22.0. The van der Waals surface area contributed by atoms with Crippen molar-refractivity contribution in [3.63, 3.8) is 0 Å². The Labute approximate surface area is 265 Å². The first-order chi connectivity index (χ1) is 20.7. The Morgan fingerprint density at radius 1 is 0.744 bits per heavy atom. The molecule has 1 heterocycles. The van der Waals surface area contributed by atoms with Gasteiger partial charge in [-0.3, -0.25) is 5.41 Å². The van der Waals surface area contributed by atoms with Gasteiger partial charge < -0.3 is 33.2 Å². The molecule has 9 nitrogen and oxygen atoms in total. The molecule has 3 aromatic rings. The van der Waals surface area contributed by atoms with Gasteiger partial charge in [0, 0.05) is 0 Å². The van der Waals surface area contributed by atoms with Gasteiger partial charge in [0.15, 0.2) is 6.10 Å². The maximum atomic E-state index is 13.1. The molecule has 0 aliphatic carbocycles. The fourth-order valence-corrected chi connectivity index (χ4v) is 4.52. The number of esters is 1. The van der Waals surface area contributed by atoms with E-state index in [9.17, 15) is 4.79 Å². The molecule has 4 rings (SSSR count). The van der Waals surface area contributed by atoms with Gasteiger partial charge in [-0.05, 0) is 28.8 Å². The SMILES string of the molecule is COC(=O)[C@H]1O[C@H](OC(=N)C(Cl)(Cl)Cl)[C@@H](OCc2ccc(OC)cc2)[C@@H](OCc2ccccc2)[C@@H]1OCc1ccccc1. The first-order valence-corrected chi connectivity index (χ1v) is 14.4. The molecule has 230 valence electrons. The molecule has 0 spiro atoms. The van der Waals surface area contributed by atoms with Crippen LogP contribution in [-0.2, 0) is 53.0 Å². The van der Waals surface area contributed by atoms with E-state index < -0.39 is 46.4 Å². The number of rotatable bonds is 12. The topological polar surface area (TPSA) is 106 Å². The highest BCUT2D eigenvalue weighted by atomic mass is 35.6. The maximum Gasteiger partial charge on any atom is 0.338 e. The molecule has 1 N–H and O–H groups in total. The predicted octanol–water partition coefficient (Wildman–Crippen LogP) is 6.01. The number of hydrogen-bond acceptors (Lipinski definition) is 9. The summed E-state index contributed by atoms with van der Waals surface area (Å²) in [7, 11) is 2.81. The Bertz CT molecular complexity index is 1310. The molecule has 0 bridgehead atoms. The Morgan fingerprint density at radius 2 is 1.23 bits per heavy atom. The van der Waals surface area contributed by atoms with Crippen LogP contribution < -0.4 is 4.74 Å². The summed E-state index contributed by atoms with van der Waals surface area (Å²) in [5.41, 5.74) is 2.53. The number of carbonyl (C=O) groups excluding carboxylic acids is 1. The molecular weight excluding hydrogens is 621 g/mol. The van der Waals surface area contributed by atoms with Gasteiger partial charge in [0.1, 0.15) is 24.1 Å². The Kier molecular flexibility index (Phi) is 12.1. The molecule has 0 radical (unpaired) electrons. The summed E-state index contributed by atoms with van der Waals surface area (Å²) in [6, 6.07) is 26.2. The zero-order valence-electron chi connectivity index (χ0n) is 23.5. The summed E-state index contributed by atoms with van der Waals surface area (Å²) in [6.45, 7) is 0.355. The molecular formula is C31H32Cl3NO8. The van der Waals surface area contributed by atoms with Gasteiger partial charge in [0.25, 0.3) is 3.79 Å². The Morgan fingerprint density at radius 3 is 1.72 bits per heavy atom. The van der Waals surface area contributed by atoms with Crippen LogP contribution >= 0.6 is 34.8 Å². The van der Waals surface area contributed by atoms with E-state index in [1.54, 1.807) is 19.2 Å². The van der Waals surface area contributed by atoms with Crippen molar-refractivity contribution in [3.05, 3.63) is 102 Å². The number of carbonyl (C=O) groups is 1. The highest BCUT2D eigenvalue weighted by Crippen LogP contribution is 2.35. The van der Waals surface area contributed by atoms with E-state index in [2.05, 4.69) is 0 Å². The summed E-state index contributed by atoms with van der Waals surface area (Å²) < 4.78 is 38.9. The van der Waals surface area contributed by atoms with E-state index in [4.69, 9.17) is 73.4 Å². The van der Waals surface area contributed by atoms with Crippen LogP contribution in [-0.4, -0.2) is 60.6 Å². The fourth-order valence-electron chi connectivity index (χ4n) is 4.39. The summed E-state index contributed by atoms with van der Waals surface area (Å²) in [6.07, 6.45) is -5.78. The van der Waals surface area contributed by atoms with Crippen molar-refractivity contribution >= 4 is 46.7 Å². The molecule has 0 unspecified atom stereocenters. The smallest absolute Gasteiger partial charge is 0.338 e. The lowest BCUT2D eigenvalue weighted by Crippen LogP contribution is -2.63. The minimum atomic E-state index is -2.20. The van der Waals surface area contributed by atoms with E-state index in [1.807, 2.05) is 72.8 Å². The van der Waals surface area contributed by atoms with Gasteiger partial charge in [-0.2, -0.15) is 0 Å². The van der Waals surface area contributed by atoms with Gasteiger partial charge in [0.2, 0.25) is 12.2 Å². The van der Waals surface area contributed by atoms with E-state index >= 15 is 0 Å². The molecule has 5 atom stereocenters. The summed E-state index contributed by atoms with van der Waals surface area (Å²) in [4.78, 5) is 13.1. The number of methoxy groups -OCH3 is 2. The number of nitrogens with one attached hydrogen (secondary N) is 1. The first-order valence-electron chi connectivity index (χ1n) is 13.3. The van der Waals surface area contributed by atoms with E-state index in [1.165, 1.54) is 7.11 Å². The average Bonchev–Trinajstić information content (AvgIpc) is 3.02. The van der Waals surface area contributed by atoms with Crippen LogP contribution in [0.15, 0.2) is 84.9 Å². The van der Waals surface area contributed by atoms with Crippen molar-refractivity contribution in [3.8, 4) is 5.75 Å². The zero-order chi connectivity index (χ0) is 30.8. The Hall–Kier alpha value is -2.89. The van der Waals surface area contributed by atoms with Gasteiger partial charge in [-0.15, -0.1) is 0 Å². The second-order valence-corrected chi connectivity index (χ2v) is 11.8. The molecule has 0 saturated carbocycles. The van der Waals surface area contributed by atoms with E-state index in [-0.39, 0.29) is 19.8 Å². The van der Waals surface area contributed by atoms with Crippen LogP contribution in [0.1, 0.15) is 16.7 Å². The quantitative estimate of drug-likeness (QED) is 0.110. The standard InChI is InChI=1S/C31H32Cl3NO8/c1-37-23-15-13-22(14-16-23)19-41-27-25(40-18-21-11-7-4-8-12-21)24(39-17-20-9-5-3-6-10-20)26(28(36)38-2)42-29(27)43-30(35)31(32,33)34/h3-16,24-27,29,35H,17-19H2,1-2H3/t24-,25-,26-,27-,29+/m0/s1. The van der Waals surface area contributed by atoms with Crippen molar-refractivity contribution in [2.45, 2.75) is 54.3 Å². The number of alkyl halides is 3. The van der Waals surface area contributed by atoms with Crippen molar-refractivity contribution in [1.29, 1.82) is 5.41 Å². The van der Waals surface area contributed by atoms with Gasteiger partial charge in [0.05, 0.1) is 34.0 Å². The maximum absolute atomic E-state index is 13.1. The molecule has 12 heteroatoms. The first kappa shape index (κ1) is 33.0. The molecule has 0 aromatic heterocycles. The number of ether oxygens (including phenoxy) is 7. The van der Waals surface area contributed by atoms with Crippen LogP contribution in [0.25, 0.3) is 0 Å². The molecule has 43 heavy (non-hydrogen) atoms. The van der Waals surface area contributed by atoms with Crippen molar-refractivity contribution < 1.29 is 38.0 Å². The number of hydrogen-bond donors (Lipinski definition) is 1. The van der Waals surface area contributed by atoms with Crippen molar-refractivity contribution in [2.75, 3.05) is 14.2 Å². The van der Waals surface area contributed by atoms with E-state index in [0.29, 0.717) is 5.75 Å². The average molecular weight is 653 g/mol. The van der Waals surface area contributed by atoms with Gasteiger partial charge in [-0.1, -0.05) is 108 Å². The molecule has 1 aliphatic heterocycles. The van der Waals surface area contributed by atoms with Crippen LogP contribution in [0.4, 0.5) is 0 Å². The third-order valence-electron chi connectivity index (χ3n) is 6.59. The predicted molar refractivity (Wildman–Crippen MR) is 161 cm³/mol. The molecule has 1 saturated heterocycles. The number of benzene rings is 3. The lowest BCUT2D eigenvalue weighted by molar-refractivity contribution is -0.305. The summed E-state index contributed by atoms with van der Waals surface area (Å²) in [5.74, 6) is -0.787. The molecule has 1 fully saturated rings. The van der Waals surface area contributed by atoms with Crippen molar-refractivity contribution in [2.24, 2.45) is 0 Å². The van der Waals surface area contributed by atoms with Crippen LogP contribution in [0.5, 0.6) is 5.75 Å². The molecule has 0 amide bonds. The van der Waals surface area contributed by atoms with Gasteiger partial charge >= 0.3 is 5.97 Å². The second-order valence-electron chi connectivity index (χ2n) is 9.54. The lowest BCUT2D eigenvalue weighted by Gasteiger charge is -2.44. The van der Waals surface area contributed by atoms with Crippen LogP contribution in [0.2, 0.25) is 0 Å². The summed E-state index contributed by atoms with van der Waals surface area (Å²) in [5, 5.41) is 8.22. The highest BCUT2D eigenvalue weighted by Gasteiger charge is 2.53. The zero-order valence-corrected chi connectivity index (χ0v) is 25.8. The minimum absolute atomic E-state index is 0.0818. The molecule has 3 aromatic carbocycles. The minimum Gasteiger partial charge on any atom is -0.497 e. The van der Waals surface area contributed by atoms with E-state index in [0.717, 1.165) is 16.7 Å². The van der Waals surface area contributed by atoms with Crippen molar-refractivity contribution in [1.82, 2.24) is 0 Å². The molecule has 1 aliphatic rings. The largest absolute Gasteiger partial charge is 0.497 e. The fraction of sp³-hybridized carbons (Fsp3) is 0.355. The number of halogens is 3. The highest BCUT2D eigenvalue weighted by molar-refractivity contribution is 6.76. The lowest BCUT2D eigenvalue weighted by atomic mass is 9.97. The van der Waals surface area contributed by atoms with Crippen LogP contribution in [0.3, 0.4) is 0 Å². The Balaban J connectivity index is 1.70. The van der Waals surface area contributed by atoms with Crippen LogP contribution in [0, 0.1) is 5.41 Å². The monoisotopic (exact) mass is 651 g/mol. The third kappa shape index (κ3) is 9.30. The second kappa shape index (κ2) is 15.7. The van der Waals surface area contributed by atoms with Gasteiger partial charge in [-0.25, -0.2) is 4.79 Å². The third-order valence-corrected chi connectivity index (χ3v) is 7.11. The summed E-state index contributed by atoms with van der Waals surface area (Å²) >= 11 is 17.8.